The normalized spacial score (nSPS) is 11.7. The summed E-state index contributed by atoms with van der Waals surface area (Å²) in [5.74, 6) is -0.230. The Labute approximate surface area is 145 Å². The van der Waals surface area contributed by atoms with Gasteiger partial charge in [0, 0.05) is 23.0 Å². The number of carbonyl (C=O) groups is 1. The van der Waals surface area contributed by atoms with Crippen LogP contribution >= 0.6 is 0 Å². The average Bonchev–Trinajstić information content (AvgIpc) is 3.23. The fourth-order valence-electron chi connectivity index (χ4n) is 2.60. The number of rotatable bonds is 5. The average molecular weight is 334 g/mol. The number of hydrogen-bond donors (Lipinski definition) is 2. The molecule has 0 unspecified atom stereocenters. The first-order chi connectivity index (χ1) is 12.1. The third-order valence-electron chi connectivity index (χ3n) is 4.01. The molecule has 1 amide bonds. The lowest BCUT2D eigenvalue weighted by Gasteiger charge is -2.10. The molecule has 1 aromatic carbocycles. The molecule has 0 aliphatic rings. The summed E-state index contributed by atoms with van der Waals surface area (Å²) in [6, 6.07) is 10.9. The summed E-state index contributed by atoms with van der Waals surface area (Å²) in [5.41, 5.74) is 4.03. The molecule has 1 atom stereocenters. The van der Waals surface area contributed by atoms with Crippen LogP contribution in [0.3, 0.4) is 0 Å². The Hall–Kier alpha value is -3.40. The second-order valence-electron chi connectivity index (χ2n) is 5.77. The molecule has 0 aliphatic carbocycles. The van der Waals surface area contributed by atoms with E-state index in [-0.39, 0.29) is 12.3 Å². The molecule has 0 spiro atoms. The van der Waals surface area contributed by atoms with Crippen LogP contribution in [-0.2, 0) is 11.2 Å². The molecule has 3 rings (SSSR count). The Kier molecular flexibility index (Phi) is 4.61. The highest BCUT2D eigenvalue weighted by molar-refractivity contribution is 5.79. The molecule has 126 valence electrons. The van der Waals surface area contributed by atoms with E-state index in [1.54, 1.807) is 17.1 Å². The molecule has 2 heterocycles. The van der Waals surface area contributed by atoms with Crippen LogP contribution in [0.5, 0.6) is 0 Å². The number of nitriles is 1. The molecule has 0 aliphatic heterocycles. The molecule has 25 heavy (non-hydrogen) atoms. The van der Waals surface area contributed by atoms with Crippen LogP contribution < -0.4 is 5.32 Å². The zero-order valence-corrected chi connectivity index (χ0v) is 14.0. The van der Waals surface area contributed by atoms with Gasteiger partial charge < -0.3 is 5.32 Å². The van der Waals surface area contributed by atoms with Crippen molar-refractivity contribution in [3.05, 3.63) is 65.2 Å². The first-order valence-corrected chi connectivity index (χ1v) is 7.88. The molecule has 0 saturated carbocycles. The minimum absolute atomic E-state index is 0.180. The van der Waals surface area contributed by atoms with Gasteiger partial charge in [0.1, 0.15) is 6.04 Å². The maximum atomic E-state index is 12.3. The van der Waals surface area contributed by atoms with Gasteiger partial charge in [-0.25, -0.2) is 4.68 Å². The highest BCUT2D eigenvalue weighted by Crippen LogP contribution is 2.15. The Morgan fingerprint density at radius 2 is 2.12 bits per heavy atom. The van der Waals surface area contributed by atoms with Crippen LogP contribution in [0.1, 0.15) is 28.6 Å². The Morgan fingerprint density at radius 1 is 1.36 bits per heavy atom. The van der Waals surface area contributed by atoms with Crippen molar-refractivity contribution in [3.8, 4) is 11.8 Å². The van der Waals surface area contributed by atoms with Gasteiger partial charge in [-0.15, -0.1) is 0 Å². The zero-order chi connectivity index (χ0) is 17.8. The van der Waals surface area contributed by atoms with Gasteiger partial charge in [-0.2, -0.15) is 15.5 Å². The maximum absolute atomic E-state index is 12.3. The predicted molar refractivity (Wildman–Crippen MR) is 91.8 cm³/mol. The topological polar surface area (TPSA) is 99.4 Å². The van der Waals surface area contributed by atoms with Gasteiger partial charge in [0.2, 0.25) is 5.91 Å². The fraction of sp³-hybridized carbons (Fsp3) is 0.222. The van der Waals surface area contributed by atoms with E-state index in [4.69, 9.17) is 0 Å². The number of aromatic nitrogens is 4. The highest BCUT2D eigenvalue weighted by Gasteiger charge is 2.18. The van der Waals surface area contributed by atoms with E-state index in [0.29, 0.717) is 5.56 Å². The number of nitrogens with zero attached hydrogens (tertiary/aromatic N) is 4. The Bertz CT molecular complexity index is 899. The number of carbonyl (C=O) groups excluding carboxylic acids is 1. The van der Waals surface area contributed by atoms with Gasteiger partial charge in [0.15, 0.2) is 0 Å². The summed E-state index contributed by atoms with van der Waals surface area (Å²) in [6.07, 6.45) is 3.52. The number of para-hydroxylation sites is 1. The van der Waals surface area contributed by atoms with Gasteiger partial charge in [-0.1, -0.05) is 18.2 Å². The summed E-state index contributed by atoms with van der Waals surface area (Å²) >= 11 is 0. The first-order valence-electron chi connectivity index (χ1n) is 7.88. The third-order valence-corrected chi connectivity index (χ3v) is 4.01. The lowest BCUT2D eigenvalue weighted by atomic mass is 10.1. The number of nitrogens with one attached hydrogen (secondary N) is 2. The van der Waals surface area contributed by atoms with Crippen molar-refractivity contribution < 1.29 is 4.79 Å². The van der Waals surface area contributed by atoms with Crippen LogP contribution in [0.2, 0.25) is 0 Å². The largest absolute Gasteiger partial charge is 0.336 e. The molecular formula is C18H18N6O. The Morgan fingerprint density at radius 3 is 2.76 bits per heavy atom. The monoisotopic (exact) mass is 334 g/mol. The van der Waals surface area contributed by atoms with Crippen molar-refractivity contribution in [3.63, 3.8) is 0 Å². The SMILES string of the molecule is Cc1n[nH]c(C)c1CC(=O)N[C@H](C#N)c1cnn(-c2ccccc2)c1. The molecular weight excluding hydrogens is 316 g/mol. The summed E-state index contributed by atoms with van der Waals surface area (Å²) in [7, 11) is 0. The second-order valence-corrected chi connectivity index (χ2v) is 5.77. The number of amides is 1. The van der Waals surface area contributed by atoms with Crippen LogP contribution in [0.15, 0.2) is 42.7 Å². The van der Waals surface area contributed by atoms with Crippen molar-refractivity contribution >= 4 is 5.91 Å². The minimum Gasteiger partial charge on any atom is -0.336 e. The van der Waals surface area contributed by atoms with Gasteiger partial charge in [-0.05, 0) is 26.0 Å². The number of aryl methyl sites for hydroxylation is 2. The van der Waals surface area contributed by atoms with Crippen molar-refractivity contribution in [2.24, 2.45) is 0 Å². The van der Waals surface area contributed by atoms with E-state index in [1.807, 2.05) is 44.2 Å². The third kappa shape index (κ3) is 3.58. The van der Waals surface area contributed by atoms with Crippen LogP contribution in [0, 0.1) is 25.2 Å². The second kappa shape index (κ2) is 7.01. The molecule has 0 bridgehead atoms. The quantitative estimate of drug-likeness (QED) is 0.746. The molecule has 7 nitrogen and oxygen atoms in total. The molecule has 2 aromatic heterocycles. The van der Waals surface area contributed by atoms with E-state index in [9.17, 15) is 10.1 Å². The maximum Gasteiger partial charge on any atom is 0.225 e. The fourth-order valence-corrected chi connectivity index (χ4v) is 2.60. The lowest BCUT2D eigenvalue weighted by molar-refractivity contribution is -0.120. The van der Waals surface area contributed by atoms with Crippen molar-refractivity contribution in [1.29, 1.82) is 5.26 Å². The number of benzene rings is 1. The molecule has 0 saturated heterocycles. The van der Waals surface area contributed by atoms with Crippen molar-refractivity contribution in [2.75, 3.05) is 0 Å². The van der Waals surface area contributed by atoms with Crippen molar-refractivity contribution in [1.82, 2.24) is 25.3 Å². The Balaban J connectivity index is 1.72. The smallest absolute Gasteiger partial charge is 0.225 e. The molecule has 7 heteroatoms. The number of H-pyrrole nitrogens is 1. The standard InChI is InChI=1S/C18H18N6O/c1-12-16(13(2)23-22-12)8-18(25)21-17(9-19)14-10-20-24(11-14)15-6-4-3-5-7-15/h3-7,10-11,17H,8H2,1-2H3,(H,21,25)(H,22,23)/t17-/m1/s1. The van der Waals surface area contributed by atoms with Gasteiger partial charge >= 0.3 is 0 Å². The number of aromatic amines is 1. The summed E-state index contributed by atoms with van der Waals surface area (Å²) in [6.45, 7) is 3.71. The molecule has 2 N–H and O–H groups in total. The van der Waals surface area contributed by atoms with Gasteiger partial charge in [0.25, 0.3) is 0 Å². The predicted octanol–water partition coefficient (Wildman–Crippen LogP) is 2.14. The van der Waals surface area contributed by atoms with E-state index in [1.165, 1.54) is 0 Å². The first kappa shape index (κ1) is 16.5. The highest BCUT2D eigenvalue weighted by atomic mass is 16.1. The number of hydrogen-bond acceptors (Lipinski definition) is 4. The molecule has 0 fully saturated rings. The minimum atomic E-state index is -0.752. The zero-order valence-electron chi connectivity index (χ0n) is 14.0. The molecule has 3 aromatic rings. The van der Waals surface area contributed by atoms with Crippen LogP contribution in [0.25, 0.3) is 5.69 Å². The van der Waals surface area contributed by atoms with Gasteiger partial charge in [-0.3, -0.25) is 9.89 Å². The van der Waals surface area contributed by atoms with E-state index >= 15 is 0 Å². The lowest BCUT2D eigenvalue weighted by Crippen LogP contribution is -2.29. The summed E-state index contributed by atoms with van der Waals surface area (Å²) < 4.78 is 1.68. The van der Waals surface area contributed by atoms with Crippen LogP contribution in [0.4, 0.5) is 0 Å². The molecule has 0 radical (unpaired) electrons. The van der Waals surface area contributed by atoms with E-state index in [0.717, 1.165) is 22.6 Å². The van der Waals surface area contributed by atoms with Crippen LogP contribution in [-0.4, -0.2) is 25.9 Å². The van der Waals surface area contributed by atoms with Gasteiger partial charge in [0.05, 0.1) is 30.1 Å². The summed E-state index contributed by atoms with van der Waals surface area (Å²) in [5, 5.41) is 23.4. The summed E-state index contributed by atoms with van der Waals surface area (Å²) in [4.78, 5) is 12.3. The van der Waals surface area contributed by atoms with E-state index < -0.39 is 6.04 Å². The van der Waals surface area contributed by atoms with E-state index in [2.05, 4.69) is 26.7 Å². The van der Waals surface area contributed by atoms with Crippen molar-refractivity contribution in [2.45, 2.75) is 26.3 Å².